The highest BCUT2D eigenvalue weighted by Crippen LogP contribution is 2.10. The molecule has 0 aliphatic carbocycles. The third-order valence-electron chi connectivity index (χ3n) is 2.85. The summed E-state index contributed by atoms with van der Waals surface area (Å²) in [6, 6.07) is 17.9. The average Bonchev–Trinajstić information content (AvgIpc) is 2.42. The SMILES string of the molecule is N[C@H](COCc1ccc(Cl)cc1)Cc1ccccc1. The molecule has 0 fully saturated rings. The Morgan fingerprint density at radius 2 is 1.63 bits per heavy atom. The van der Waals surface area contributed by atoms with E-state index in [9.17, 15) is 0 Å². The maximum atomic E-state index is 6.05. The smallest absolute Gasteiger partial charge is 0.0717 e. The summed E-state index contributed by atoms with van der Waals surface area (Å²) < 4.78 is 5.63. The number of rotatable bonds is 6. The van der Waals surface area contributed by atoms with Crippen molar-refractivity contribution < 1.29 is 4.74 Å². The van der Waals surface area contributed by atoms with E-state index in [-0.39, 0.29) is 6.04 Å². The molecule has 2 rings (SSSR count). The minimum atomic E-state index is 0.0229. The van der Waals surface area contributed by atoms with Gasteiger partial charge in [0.2, 0.25) is 0 Å². The largest absolute Gasteiger partial charge is 0.375 e. The first-order chi connectivity index (χ1) is 9.24. The van der Waals surface area contributed by atoms with Crippen molar-refractivity contribution in [3.8, 4) is 0 Å². The zero-order valence-corrected chi connectivity index (χ0v) is 11.5. The van der Waals surface area contributed by atoms with E-state index in [1.54, 1.807) is 0 Å². The Balaban J connectivity index is 1.72. The van der Waals surface area contributed by atoms with Gasteiger partial charge in [0.1, 0.15) is 0 Å². The van der Waals surface area contributed by atoms with Crippen LogP contribution in [0.15, 0.2) is 54.6 Å². The molecule has 2 N–H and O–H groups in total. The topological polar surface area (TPSA) is 35.2 Å². The molecule has 3 heteroatoms. The van der Waals surface area contributed by atoms with Gasteiger partial charge in [-0.25, -0.2) is 0 Å². The van der Waals surface area contributed by atoms with Crippen LogP contribution >= 0.6 is 11.6 Å². The van der Waals surface area contributed by atoms with Crippen LogP contribution in [0.4, 0.5) is 0 Å². The Morgan fingerprint density at radius 1 is 0.947 bits per heavy atom. The molecule has 0 aliphatic rings. The molecule has 0 saturated carbocycles. The summed E-state index contributed by atoms with van der Waals surface area (Å²) in [5, 5.41) is 0.740. The van der Waals surface area contributed by atoms with E-state index in [0.717, 1.165) is 17.0 Å². The van der Waals surface area contributed by atoms with Gasteiger partial charge in [-0.1, -0.05) is 54.1 Å². The summed E-state index contributed by atoms with van der Waals surface area (Å²) >= 11 is 5.83. The van der Waals surface area contributed by atoms with E-state index in [2.05, 4.69) is 12.1 Å². The van der Waals surface area contributed by atoms with Crippen LogP contribution in [-0.4, -0.2) is 12.6 Å². The van der Waals surface area contributed by atoms with E-state index < -0.39 is 0 Å². The third kappa shape index (κ3) is 5.03. The maximum absolute atomic E-state index is 6.05. The van der Waals surface area contributed by atoms with Gasteiger partial charge in [0.25, 0.3) is 0 Å². The Hall–Kier alpha value is -1.35. The van der Waals surface area contributed by atoms with E-state index in [4.69, 9.17) is 22.1 Å². The van der Waals surface area contributed by atoms with Gasteiger partial charge in [-0.15, -0.1) is 0 Å². The van der Waals surface area contributed by atoms with Gasteiger partial charge in [0.05, 0.1) is 13.2 Å². The monoisotopic (exact) mass is 275 g/mol. The second-order valence-electron chi connectivity index (χ2n) is 4.59. The van der Waals surface area contributed by atoms with Crippen molar-refractivity contribution in [2.45, 2.75) is 19.1 Å². The Kier molecular flexibility index (Phi) is 5.40. The van der Waals surface area contributed by atoms with Gasteiger partial charge in [-0.05, 0) is 29.7 Å². The fourth-order valence-electron chi connectivity index (χ4n) is 1.88. The summed E-state index contributed by atoms with van der Waals surface area (Å²) in [6.45, 7) is 1.12. The second-order valence-corrected chi connectivity index (χ2v) is 5.03. The first-order valence-corrected chi connectivity index (χ1v) is 6.73. The maximum Gasteiger partial charge on any atom is 0.0717 e. The number of ether oxygens (including phenoxy) is 1. The van der Waals surface area contributed by atoms with E-state index >= 15 is 0 Å². The number of halogens is 1. The summed E-state index contributed by atoms with van der Waals surface area (Å²) in [4.78, 5) is 0. The van der Waals surface area contributed by atoms with Gasteiger partial charge < -0.3 is 10.5 Å². The van der Waals surface area contributed by atoms with Crippen LogP contribution in [0.25, 0.3) is 0 Å². The fourth-order valence-corrected chi connectivity index (χ4v) is 2.01. The molecule has 0 heterocycles. The molecule has 0 bridgehead atoms. The number of benzene rings is 2. The van der Waals surface area contributed by atoms with Crippen LogP contribution in [0, 0.1) is 0 Å². The molecule has 0 spiro atoms. The van der Waals surface area contributed by atoms with Gasteiger partial charge >= 0.3 is 0 Å². The predicted octanol–water partition coefficient (Wildman–Crippen LogP) is 3.43. The molecule has 0 radical (unpaired) electrons. The number of nitrogens with two attached hydrogens (primary N) is 1. The first-order valence-electron chi connectivity index (χ1n) is 6.36. The van der Waals surface area contributed by atoms with E-state index in [1.165, 1.54) is 5.56 Å². The molecule has 0 aliphatic heterocycles. The third-order valence-corrected chi connectivity index (χ3v) is 3.11. The lowest BCUT2D eigenvalue weighted by Crippen LogP contribution is -2.28. The van der Waals surface area contributed by atoms with Gasteiger partial charge in [0, 0.05) is 11.1 Å². The Bertz CT molecular complexity index is 484. The molecule has 100 valence electrons. The molecule has 2 aromatic carbocycles. The van der Waals surface area contributed by atoms with Crippen LogP contribution in [0.2, 0.25) is 5.02 Å². The van der Waals surface area contributed by atoms with Crippen molar-refractivity contribution in [1.29, 1.82) is 0 Å². The minimum absolute atomic E-state index is 0.0229. The highest BCUT2D eigenvalue weighted by molar-refractivity contribution is 6.30. The van der Waals surface area contributed by atoms with Crippen molar-refractivity contribution in [3.05, 3.63) is 70.7 Å². The average molecular weight is 276 g/mol. The normalized spacial score (nSPS) is 12.3. The number of hydrogen-bond donors (Lipinski definition) is 1. The summed E-state index contributed by atoms with van der Waals surface area (Å²) in [5.74, 6) is 0. The van der Waals surface area contributed by atoms with Gasteiger partial charge in [-0.3, -0.25) is 0 Å². The van der Waals surface area contributed by atoms with Crippen LogP contribution in [0.1, 0.15) is 11.1 Å². The van der Waals surface area contributed by atoms with Gasteiger partial charge in [0.15, 0.2) is 0 Å². The quantitative estimate of drug-likeness (QED) is 0.877. The van der Waals surface area contributed by atoms with E-state index in [1.807, 2.05) is 42.5 Å². The Morgan fingerprint density at radius 3 is 2.32 bits per heavy atom. The van der Waals surface area contributed by atoms with E-state index in [0.29, 0.717) is 13.2 Å². The van der Waals surface area contributed by atoms with Gasteiger partial charge in [-0.2, -0.15) is 0 Å². The van der Waals surface area contributed by atoms with Crippen LogP contribution in [0.5, 0.6) is 0 Å². The van der Waals surface area contributed by atoms with Crippen LogP contribution < -0.4 is 5.73 Å². The molecule has 0 amide bonds. The van der Waals surface area contributed by atoms with Crippen molar-refractivity contribution >= 4 is 11.6 Å². The first kappa shape index (κ1) is 14.1. The molecular formula is C16H18ClNO. The van der Waals surface area contributed by atoms with Crippen molar-refractivity contribution in [1.82, 2.24) is 0 Å². The van der Waals surface area contributed by atoms with Crippen LogP contribution in [-0.2, 0) is 17.8 Å². The summed E-state index contributed by atoms with van der Waals surface area (Å²) in [5.41, 5.74) is 8.40. The lowest BCUT2D eigenvalue weighted by Gasteiger charge is -2.12. The standard InChI is InChI=1S/C16H18ClNO/c17-15-8-6-14(7-9-15)11-19-12-16(18)10-13-4-2-1-3-5-13/h1-9,16H,10-12,18H2/t16-/m0/s1. The highest BCUT2D eigenvalue weighted by atomic mass is 35.5. The molecule has 1 atom stereocenters. The zero-order chi connectivity index (χ0) is 13.5. The molecule has 0 aromatic heterocycles. The highest BCUT2D eigenvalue weighted by Gasteiger charge is 2.04. The lowest BCUT2D eigenvalue weighted by molar-refractivity contribution is 0.108. The molecule has 19 heavy (non-hydrogen) atoms. The van der Waals surface area contributed by atoms with Crippen molar-refractivity contribution in [2.75, 3.05) is 6.61 Å². The predicted molar refractivity (Wildman–Crippen MR) is 79.2 cm³/mol. The lowest BCUT2D eigenvalue weighted by atomic mass is 10.1. The molecule has 2 aromatic rings. The molecule has 2 nitrogen and oxygen atoms in total. The van der Waals surface area contributed by atoms with Crippen molar-refractivity contribution in [2.24, 2.45) is 5.73 Å². The zero-order valence-electron chi connectivity index (χ0n) is 10.8. The summed E-state index contributed by atoms with van der Waals surface area (Å²) in [6.07, 6.45) is 0.835. The van der Waals surface area contributed by atoms with Crippen LogP contribution in [0.3, 0.4) is 0 Å². The Labute approximate surface area is 119 Å². The number of hydrogen-bond acceptors (Lipinski definition) is 2. The second kappa shape index (κ2) is 7.29. The fraction of sp³-hybridized carbons (Fsp3) is 0.250. The molecular weight excluding hydrogens is 258 g/mol. The molecule has 0 saturated heterocycles. The van der Waals surface area contributed by atoms with Crippen molar-refractivity contribution in [3.63, 3.8) is 0 Å². The minimum Gasteiger partial charge on any atom is -0.375 e. The molecule has 0 unspecified atom stereocenters. The summed E-state index contributed by atoms with van der Waals surface area (Å²) in [7, 11) is 0.